The number of aliphatic hydroxyl groups is 4. The van der Waals surface area contributed by atoms with Crippen LogP contribution in [-0.4, -0.2) is 95.0 Å². The Kier molecular flexibility index (Phi) is 9.40. The molecule has 206 valence electrons. The molecule has 1 aromatic rings. The van der Waals surface area contributed by atoms with Gasteiger partial charge in [-0.25, -0.2) is 13.9 Å². The molecule has 10 atom stereocenters. The number of aryl methyl sites for hydroxylation is 1. The molecule has 0 amide bonds. The van der Waals surface area contributed by atoms with E-state index in [2.05, 4.69) is 31.0 Å². The van der Waals surface area contributed by atoms with Gasteiger partial charge >= 0.3 is 21.3 Å². The number of nitrogens with zero attached hydrogens (tertiary/aromatic N) is 1. The summed E-state index contributed by atoms with van der Waals surface area (Å²) in [6, 6.07) is 0. The summed E-state index contributed by atoms with van der Waals surface area (Å²) < 4.78 is 49.4. The van der Waals surface area contributed by atoms with Gasteiger partial charge in [-0.2, -0.15) is 16.9 Å². The highest BCUT2D eigenvalue weighted by Crippen LogP contribution is 2.61. The second-order valence-electron chi connectivity index (χ2n) is 8.03. The van der Waals surface area contributed by atoms with Crippen molar-refractivity contribution in [1.29, 1.82) is 0 Å². The number of phosphoric ester groups is 2. The van der Waals surface area contributed by atoms with E-state index in [1.54, 1.807) is 0 Å². The van der Waals surface area contributed by atoms with Crippen molar-refractivity contribution in [2.45, 2.75) is 61.6 Å². The summed E-state index contributed by atoms with van der Waals surface area (Å²) in [6.45, 7) is -0.183. The Hall–Kier alpha value is -0.950. The van der Waals surface area contributed by atoms with Gasteiger partial charge in [-0.05, 0) is 6.92 Å². The first-order chi connectivity index (χ1) is 16.6. The number of phosphoric acid groups is 2. The molecular formula is C16H26N2O15P2S. The van der Waals surface area contributed by atoms with Gasteiger partial charge in [0.05, 0.1) is 30.7 Å². The molecule has 0 aliphatic carbocycles. The van der Waals surface area contributed by atoms with Crippen molar-refractivity contribution >= 4 is 28.3 Å². The maximum absolute atomic E-state index is 12.3. The molecule has 0 spiro atoms. The lowest BCUT2D eigenvalue weighted by atomic mass is 10.0. The van der Waals surface area contributed by atoms with E-state index in [0.717, 1.165) is 4.57 Å². The van der Waals surface area contributed by atoms with Crippen LogP contribution >= 0.6 is 28.3 Å². The molecule has 2 aliphatic rings. The Labute approximate surface area is 207 Å². The molecule has 2 aliphatic heterocycles. The molecule has 2 saturated heterocycles. The van der Waals surface area contributed by atoms with Crippen LogP contribution < -0.4 is 11.2 Å². The van der Waals surface area contributed by atoms with Crippen molar-refractivity contribution in [2.24, 2.45) is 0 Å². The van der Waals surface area contributed by atoms with Gasteiger partial charge in [-0.15, -0.1) is 0 Å². The van der Waals surface area contributed by atoms with Gasteiger partial charge in [0.15, 0.2) is 6.29 Å². The Morgan fingerprint density at radius 1 is 1.14 bits per heavy atom. The first-order valence-corrected chi connectivity index (χ1v) is 13.8. The third kappa shape index (κ3) is 6.92. The summed E-state index contributed by atoms with van der Waals surface area (Å²) in [4.78, 5) is 45.3. The maximum atomic E-state index is 12.3. The molecule has 4 unspecified atom stereocenters. The first-order valence-electron chi connectivity index (χ1n) is 10.3. The van der Waals surface area contributed by atoms with E-state index in [4.69, 9.17) is 9.47 Å². The minimum atomic E-state index is -5.43. The number of H-pyrrole nitrogens is 1. The van der Waals surface area contributed by atoms with Crippen LogP contribution in [-0.2, 0) is 32.0 Å². The fourth-order valence-corrected chi connectivity index (χ4v) is 6.03. The van der Waals surface area contributed by atoms with Crippen LogP contribution in [0.15, 0.2) is 15.8 Å². The average molecular weight is 580 g/mol. The quantitative estimate of drug-likeness (QED) is 0.111. The Bertz CT molecular complexity index is 1140. The van der Waals surface area contributed by atoms with Crippen LogP contribution in [0.5, 0.6) is 0 Å². The van der Waals surface area contributed by atoms with Crippen molar-refractivity contribution < 1.29 is 62.2 Å². The summed E-state index contributed by atoms with van der Waals surface area (Å²) in [5.41, 5.74) is -1.23. The predicted octanol–water partition coefficient (Wildman–Crippen LogP) is -2.52. The Morgan fingerprint density at radius 2 is 1.81 bits per heavy atom. The summed E-state index contributed by atoms with van der Waals surface area (Å²) in [5.74, 6) is 0. The van der Waals surface area contributed by atoms with Gasteiger partial charge < -0.3 is 39.7 Å². The number of nitrogens with one attached hydrogen (secondary N) is 1. The molecule has 0 saturated carbocycles. The van der Waals surface area contributed by atoms with E-state index < -0.39 is 88.4 Å². The number of rotatable bonds is 9. The number of hydrogen-bond acceptors (Lipinski definition) is 14. The zero-order valence-electron chi connectivity index (χ0n) is 18.5. The Balaban J connectivity index is 1.59. The van der Waals surface area contributed by atoms with E-state index >= 15 is 0 Å². The van der Waals surface area contributed by atoms with E-state index in [1.165, 1.54) is 13.1 Å². The van der Waals surface area contributed by atoms with Crippen LogP contribution in [0.4, 0.5) is 0 Å². The lowest BCUT2D eigenvalue weighted by molar-refractivity contribution is -0.228. The summed E-state index contributed by atoms with van der Waals surface area (Å²) in [7, 11) is -10.8. The summed E-state index contributed by atoms with van der Waals surface area (Å²) in [5, 5.41) is 37.6. The van der Waals surface area contributed by atoms with Crippen LogP contribution in [0.2, 0.25) is 0 Å². The summed E-state index contributed by atoms with van der Waals surface area (Å²) >= 11 is 3.90. The summed E-state index contributed by atoms with van der Waals surface area (Å²) in [6.07, 6.45) is -9.09. The molecule has 0 radical (unpaired) electrons. The molecule has 2 fully saturated rings. The van der Waals surface area contributed by atoms with E-state index in [1.807, 2.05) is 0 Å². The van der Waals surface area contributed by atoms with Crippen LogP contribution in [0, 0.1) is 6.92 Å². The SMILES string of the molecule is Cc1cn([C@H]2C[C@@H](O)[C@@H](COP(=O)(O)OP(=O)(O)O[C@@H]3OC(CO)[C@H](O)[C@H](O)C3S)O2)c(=O)[nH]c1=O. The van der Waals surface area contributed by atoms with E-state index in [-0.39, 0.29) is 12.0 Å². The average Bonchev–Trinajstić information content (AvgIpc) is 3.14. The molecular weight excluding hydrogens is 554 g/mol. The number of aliphatic hydroxyl groups excluding tert-OH is 4. The van der Waals surface area contributed by atoms with Crippen molar-refractivity contribution in [2.75, 3.05) is 13.2 Å². The van der Waals surface area contributed by atoms with E-state index in [9.17, 15) is 48.9 Å². The molecule has 7 N–H and O–H groups in total. The molecule has 1 aromatic heterocycles. The number of hydrogen-bond donors (Lipinski definition) is 8. The van der Waals surface area contributed by atoms with Gasteiger partial charge in [-0.3, -0.25) is 23.4 Å². The fourth-order valence-electron chi connectivity index (χ4n) is 3.46. The highest BCUT2D eigenvalue weighted by atomic mass is 32.1. The smallest absolute Gasteiger partial charge is 0.394 e. The molecule has 3 rings (SSSR count). The van der Waals surface area contributed by atoms with E-state index in [0.29, 0.717) is 0 Å². The minimum Gasteiger partial charge on any atom is -0.394 e. The second-order valence-corrected chi connectivity index (χ2v) is 11.6. The third-order valence-corrected chi connectivity index (χ3v) is 8.50. The number of thiol groups is 1. The van der Waals surface area contributed by atoms with Gasteiger partial charge in [0.1, 0.15) is 24.5 Å². The molecule has 36 heavy (non-hydrogen) atoms. The largest absolute Gasteiger partial charge is 0.483 e. The number of aromatic nitrogens is 2. The third-order valence-electron chi connectivity index (χ3n) is 5.35. The highest BCUT2D eigenvalue weighted by Gasteiger charge is 2.48. The number of ether oxygens (including phenoxy) is 2. The van der Waals surface area contributed by atoms with Crippen molar-refractivity contribution in [3.63, 3.8) is 0 Å². The second kappa shape index (κ2) is 11.4. The van der Waals surface area contributed by atoms with Crippen LogP contribution in [0.3, 0.4) is 0 Å². The Morgan fingerprint density at radius 3 is 2.44 bits per heavy atom. The first kappa shape index (κ1) is 29.6. The number of aromatic amines is 1. The van der Waals surface area contributed by atoms with Crippen molar-refractivity contribution in [3.8, 4) is 0 Å². The highest BCUT2D eigenvalue weighted by molar-refractivity contribution is 7.81. The topological polar surface area (TPSA) is 257 Å². The van der Waals surface area contributed by atoms with Crippen LogP contribution in [0.25, 0.3) is 0 Å². The monoisotopic (exact) mass is 580 g/mol. The lowest BCUT2D eigenvalue weighted by Gasteiger charge is -2.40. The normalized spacial score (nSPS) is 36.3. The zero-order chi connectivity index (χ0) is 27.0. The molecule has 17 nitrogen and oxygen atoms in total. The zero-order valence-corrected chi connectivity index (χ0v) is 21.1. The molecule has 0 bridgehead atoms. The maximum Gasteiger partial charge on any atom is 0.483 e. The lowest BCUT2D eigenvalue weighted by Crippen LogP contribution is -2.57. The van der Waals surface area contributed by atoms with Crippen LogP contribution in [0.1, 0.15) is 18.2 Å². The standard InChI is InChI=1S/C16H26N2O15P2S/c1-6-3-18(16(24)17-14(6)23)10-2-7(20)9(30-10)5-29-34(25,26)33-35(27,28)32-15-13(36)12(22)11(21)8(4-19)31-15/h3,7-13,15,19-22,36H,2,4-5H2,1H3,(H,25,26)(H,27,28)(H,17,23,24)/t7-,8?,9-,10-,11+,12+,13?,15+/m1/s1. The van der Waals surface area contributed by atoms with Crippen molar-refractivity contribution in [1.82, 2.24) is 9.55 Å². The van der Waals surface area contributed by atoms with Gasteiger partial charge in [0, 0.05) is 18.2 Å². The molecule has 20 heteroatoms. The fraction of sp³-hybridized carbons (Fsp3) is 0.750. The minimum absolute atomic E-state index is 0.153. The molecule has 0 aromatic carbocycles. The predicted molar refractivity (Wildman–Crippen MR) is 119 cm³/mol. The van der Waals surface area contributed by atoms with Gasteiger partial charge in [0.2, 0.25) is 0 Å². The van der Waals surface area contributed by atoms with Crippen molar-refractivity contribution in [3.05, 3.63) is 32.6 Å². The van der Waals surface area contributed by atoms with Gasteiger partial charge in [0.25, 0.3) is 5.56 Å². The van der Waals surface area contributed by atoms with Gasteiger partial charge in [-0.1, -0.05) is 0 Å². The molecule has 3 heterocycles.